The minimum Gasteiger partial charge on any atom is -0.487 e. The first-order valence-corrected chi connectivity index (χ1v) is 13.2. The number of hydrogen-bond donors (Lipinski definition) is 1. The van der Waals surface area contributed by atoms with Gasteiger partial charge in [0.1, 0.15) is 18.4 Å². The van der Waals surface area contributed by atoms with Gasteiger partial charge in [-0.3, -0.25) is 14.9 Å². The summed E-state index contributed by atoms with van der Waals surface area (Å²) >= 11 is 0. The lowest BCUT2D eigenvalue weighted by Gasteiger charge is -2.55. The third kappa shape index (κ3) is 4.50. The number of rotatable bonds is 6. The van der Waals surface area contributed by atoms with Crippen molar-refractivity contribution in [2.45, 2.75) is 26.4 Å². The van der Waals surface area contributed by atoms with Crippen LogP contribution in [0, 0.1) is 23.7 Å². The van der Waals surface area contributed by atoms with Crippen molar-refractivity contribution in [3.63, 3.8) is 0 Å². The van der Waals surface area contributed by atoms with Crippen molar-refractivity contribution in [1.29, 1.82) is 5.26 Å². The van der Waals surface area contributed by atoms with Gasteiger partial charge in [-0.25, -0.2) is 0 Å². The number of hydrogen-bond acceptors (Lipinski definition) is 6. The molecular formula is C31H30N6O2. The summed E-state index contributed by atoms with van der Waals surface area (Å²) in [5.41, 5.74) is 6.08. The fourth-order valence-corrected chi connectivity index (χ4v) is 6.09. The van der Waals surface area contributed by atoms with Gasteiger partial charge in [0, 0.05) is 54.8 Å². The Hall–Kier alpha value is -4.64. The molecule has 2 aromatic carbocycles. The zero-order chi connectivity index (χ0) is 27.0. The Labute approximate surface area is 227 Å². The summed E-state index contributed by atoms with van der Waals surface area (Å²) in [6, 6.07) is 16.2. The number of aromatic nitrogens is 3. The molecule has 1 amide bonds. The van der Waals surface area contributed by atoms with Crippen LogP contribution in [-0.2, 0) is 11.4 Å². The minimum atomic E-state index is -0.0128. The second-order valence-electron chi connectivity index (χ2n) is 10.6. The zero-order valence-corrected chi connectivity index (χ0v) is 22.0. The van der Waals surface area contributed by atoms with Gasteiger partial charge in [-0.15, -0.1) is 0 Å². The molecule has 8 nitrogen and oxygen atoms in total. The fraction of sp³-hybridized carbons (Fsp3) is 0.290. The van der Waals surface area contributed by atoms with E-state index in [1.165, 1.54) is 6.08 Å². The Bertz CT molecular complexity index is 1600. The predicted octanol–water partition coefficient (Wildman–Crippen LogP) is 5.00. The number of aromatic amines is 1. The molecule has 4 aromatic rings. The Morgan fingerprint density at radius 2 is 2.13 bits per heavy atom. The summed E-state index contributed by atoms with van der Waals surface area (Å²) in [5, 5.41) is 18.7. The number of nitrogens with one attached hydrogen (secondary N) is 1. The molecule has 196 valence electrons. The molecule has 1 N–H and O–H groups in total. The summed E-state index contributed by atoms with van der Waals surface area (Å²) in [5.74, 6) is 0.665. The van der Waals surface area contributed by atoms with Crippen LogP contribution in [0.25, 0.3) is 22.0 Å². The lowest BCUT2D eigenvalue weighted by Crippen LogP contribution is -2.63. The number of carbonyl (C=O) groups excluding carboxylic acids is 1. The third-order valence-electron chi connectivity index (χ3n) is 7.96. The highest BCUT2D eigenvalue weighted by Gasteiger charge is 2.47. The lowest BCUT2D eigenvalue weighted by atomic mass is 9.72. The van der Waals surface area contributed by atoms with Gasteiger partial charge in [0.05, 0.1) is 28.7 Å². The lowest BCUT2D eigenvalue weighted by molar-refractivity contribution is -0.130. The van der Waals surface area contributed by atoms with E-state index in [0.29, 0.717) is 24.5 Å². The number of fused-ring (bicyclic) bond motifs is 1. The van der Waals surface area contributed by atoms with Crippen molar-refractivity contribution in [2.24, 2.45) is 5.41 Å². The van der Waals surface area contributed by atoms with Crippen molar-refractivity contribution in [2.75, 3.05) is 31.1 Å². The molecule has 2 aromatic heterocycles. The van der Waals surface area contributed by atoms with Crippen LogP contribution in [0.15, 0.2) is 67.5 Å². The van der Waals surface area contributed by atoms with Crippen LogP contribution in [-0.4, -0.2) is 52.2 Å². The van der Waals surface area contributed by atoms with Crippen LogP contribution in [0.2, 0.25) is 0 Å². The number of piperidine rings is 1. The van der Waals surface area contributed by atoms with Crippen LogP contribution < -0.4 is 9.64 Å². The van der Waals surface area contributed by atoms with E-state index in [0.717, 1.165) is 71.5 Å². The molecule has 0 radical (unpaired) electrons. The second kappa shape index (κ2) is 9.91. The van der Waals surface area contributed by atoms with Crippen molar-refractivity contribution in [1.82, 2.24) is 20.1 Å². The van der Waals surface area contributed by atoms with Gasteiger partial charge >= 0.3 is 0 Å². The van der Waals surface area contributed by atoms with Crippen LogP contribution in [0.3, 0.4) is 0 Å². The molecule has 0 bridgehead atoms. The van der Waals surface area contributed by atoms with Crippen molar-refractivity contribution in [3.05, 3.63) is 84.3 Å². The van der Waals surface area contributed by atoms with Gasteiger partial charge in [-0.1, -0.05) is 18.7 Å². The number of amides is 1. The van der Waals surface area contributed by atoms with Gasteiger partial charge in [0.2, 0.25) is 5.91 Å². The highest BCUT2D eigenvalue weighted by Crippen LogP contribution is 2.46. The first kappa shape index (κ1) is 24.7. The molecule has 2 aliphatic rings. The second-order valence-corrected chi connectivity index (χ2v) is 10.6. The maximum atomic E-state index is 12.3. The molecule has 0 atom stereocenters. The van der Waals surface area contributed by atoms with Crippen molar-refractivity contribution >= 4 is 22.5 Å². The Balaban J connectivity index is 1.40. The van der Waals surface area contributed by atoms with Crippen LogP contribution in [0.1, 0.15) is 29.7 Å². The number of benzene rings is 2. The van der Waals surface area contributed by atoms with E-state index in [4.69, 9.17) is 4.74 Å². The van der Waals surface area contributed by atoms with Crippen LogP contribution >= 0.6 is 0 Å². The van der Waals surface area contributed by atoms with Gasteiger partial charge in [0.15, 0.2) is 0 Å². The molecule has 0 saturated carbocycles. The van der Waals surface area contributed by atoms with E-state index in [1.807, 2.05) is 53.6 Å². The van der Waals surface area contributed by atoms with Gasteiger partial charge in [-0.2, -0.15) is 10.4 Å². The molecule has 2 saturated heterocycles. The third-order valence-corrected chi connectivity index (χ3v) is 7.96. The Morgan fingerprint density at radius 1 is 1.26 bits per heavy atom. The van der Waals surface area contributed by atoms with Gasteiger partial charge in [0.25, 0.3) is 0 Å². The van der Waals surface area contributed by atoms with Gasteiger partial charge in [-0.05, 0) is 61.2 Å². The van der Waals surface area contributed by atoms with Crippen molar-refractivity contribution < 1.29 is 9.53 Å². The SMILES string of the molecule is C=CC(=O)N1CCCC2(C1)CN(c1cc(OCc3ccccn3)cc(-c3c(C)ccc4[nH]ncc34)c1C#N)C2. The average molecular weight is 519 g/mol. The normalized spacial score (nSPS) is 16.1. The maximum Gasteiger partial charge on any atom is 0.245 e. The summed E-state index contributed by atoms with van der Waals surface area (Å²) in [6.07, 6.45) is 6.99. The molecule has 6 rings (SSSR count). The van der Waals surface area contributed by atoms with E-state index in [9.17, 15) is 10.1 Å². The molecule has 2 fully saturated rings. The summed E-state index contributed by atoms with van der Waals surface area (Å²) in [6.45, 7) is 9.08. The highest BCUT2D eigenvalue weighted by molar-refractivity contribution is 5.99. The van der Waals surface area contributed by atoms with E-state index in [-0.39, 0.29) is 11.3 Å². The summed E-state index contributed by atoms with van der Waals surface area (Å²) in [4.78, 5) is 20.9. The number of nitriles is 1. The molecule has 0 aliphatic carbocycles. The smallest absolute Gasteiger partial charge is 0.245 e. The first-order valence-electron chi connectivity index (χ1n) is 13.2. The first-order chi connectivity index (χ1) is 19.0. The quantitative estimate of drug-likeness (QED) is 0.361. The van der Waals surface area contributed by atoms with E-state index >= 15 is 0 Å². The summed E-state index contributed by atoms with van der Waals surface area (Å²) < 4.78 is 6.26. The van der Waals surface area contributed by atoms with E-state index in [2.05, 4.69) is 39.7 Å². The Morgan fingerprint density at radius 3 is 2.90 bits per heavy atom. The van der Waals surface area contributed by atoms with Gasteiger partial charge < -0.3 is 14.5 Å². The highest BCUT2D eigenvalue weighted by atomic mass is 16.5. The topological polar surface area (TPSA) is 98.1 Å². The number of ether oxygens (including phenoxy) is 1. The standard InChI is InChI=1S/C31H30N6O2/c1-3-29(38)36-12-6-10-31(18-36)19-37(20-31)28-14-23(39-17-22-7-4-5-11-33-22)13-24(25(28)15-32)30-21(2)8-9-27-26(30)16-34-35-27/h3-5,7-9,11,13-14,16H,1,6,10,12,17-20H2,2H3,(H,34,35). The number of H-pyrrole nitrogens is 1. The maximum absolute atomic E-state index is 12.3. The number of carbonyl (C=O) groups is 1. The number of anilines is 1. The van der Waals surface area contributed by atoms with E-state index < -0.39 is 0 Å². The number of aryl methyl sites for hydroxylation is 1. The average Bonchev–Trinajstić information content (AvgIpc) is 3.43. The monoisotopic (exact) mass is 518 g/mol. The molecule has 0 unspecified atom stereocenters. The molecule has 8 heteroatoms. The number of nitrogens with zero attached hydrogens (tertiary/aromatic N) is 5. The molecule has 4 heterocycles. The Kier molecular flexibility index (Phi) is 6.27. The fourth-order valence-electron chi connectivity index (χ4n) is 6.09. The minimum absolute atomic E-state index is 0.0128. The van der Waals surface area contributed by atoms with Crippen LogP contribution in [0.5, 0.6) is 5.75 Å². The molecule has 2 aliphatic heterocycles. The van der Waals surface area contributed by atoms with Crippen LogP contribution in [0.4, 0.5) is 5.69 Å². The van der Waals surface area contributed by atoms with Crippen molar-refractivity contribution in [3.8, 4) is 22.9 Å². The molecule has 39 heavy (non-hydrogen) atoms. The molecule has 1 spiro atoms. The summed E-state index contributed by atoms with van der Waals surface area (Å²) in [7, 11) is 0. The number of pyridine rings is 1. The largest absolute Gasteiger partial charge is 0.487 e. The number of likely N-dealkylation sites (tertiary alicyclic amines) is 1. The van der Waals surface area contributed by atoms with E-state index in [1.54, 1.807) is 6.20 Å². The molecular weight excluding hydrogens is 488 g/mol. The predicted molar refractivity (Wildman–Crippen MR) is 150 cm³/mol. The zero-order valence-electron chi connectivity index (χ0n) is 22.0.